The molecule has 0 radical (unpaired) electrons. The van der Waals surface area contributed by atoms with Gasteiger partial charge in [0, 0.05) is 16.3 Å². The maximum absolute atomic E-state index is 11.8. The molecule has 1 heterocycles. The maximum atomic E-state index is 11.8. The molecule has 0 unspecified atom stereocenters. The summed E-state index contributed by atoms with van der Waals surface area (Å²) in [6, 6.07) is 13.8. The van der Waals surface area contributed by atoms with Gasteiger partial charge in [-0.15, -0.1) is 0 Å². The number of aromatic nitrogens is 2. The van der Waals surface area contributed by atoms with Crippen molar-refractivity contribution in [1.82, 2.24) is 10.2 Å². The first-order valence-corrected chi connectivity index (χ1v) is 7.16. The van der Waals surface area contributed by atoms with Gasteiger partial charge in [0.15, 0.2) is 0 Å². The third kappa shape index (κ3) is 2.39. The Bertz CT molecular complexity index is 839. The zero-order valence-corrected chi connectivity index (χ0v) is 12.6. The lowest BCUT2D eigenvalue weighted by atomic mass is 10.0. The molecule has 0 aliphatic rings. The number of nitrogens with one attached hydrogen (secondary N) is 1. The second-order valence-electron chi connectivity index (χ2n) is 4.81. The van der Waals surface area contributed by atoms with Crippen LogP contribution in [0.2, 0.25) is 0 Å². The molecule has 0 amide bonds. The van der Waals surface area contributed by atoms with Crippen LogP contribution in [0.4, 0.5) is 0 Å². The molecule has 0 aliphatic carbocycles. The summed E-state index contributed by atoms with van der Waals surface area (Å²) in [7, 11) is 0. The largest absolute Gasteiger partial charge is 0.272 e. The Hall–Kier alpha value is -1.94. The Morgan fingerprint density at radius 3 is 2.65 bits per heavy atom. The smallest absolute Gasteiger partial charge is 0.267 e. The molecule has 1 aromatic heterocycles. The minimum absolute atomic E-state index is 0.144. The number of halogens is 1. The normalized spacial score (nSPS) is 10.9. The fraction of sp³-hybridized carbons (Fsp3) is 0.125. The van der Waals surface area contributed by atoms with Gasteiger partial charge in [-0.2, -0.15) is 5.10 Å². The zero-order valence-electron chi connectivity index (χ0n) is 11.0. The summed E-state index contributed by atoms with van der Waals surface area (Å²) in [5.41, 5.74) is 3.10. The summed E-state index contributed by atoms with van der Waals surface area (Å²) in [5, 5.41) is 8.37. The highest BCUT2D eigenvalue weighted by atomic mass is 79.9. The highest BCUT2D eigenvalue weighted by Crippen LogP contribution is 2.21. The zero-order chi connectivity index (χ0) is 14.1. The van der Waals surface area contributed by atoms with Crippen LogP contribution in [0.3, 0.4) is 0 Å². The van der Waals surface area contributed by atoms with Crippen molar-refractivity contribution < 1.29 is 0 Å². The van der Waals surface area contributed by atoms with Gasteiger partial charge in [-0.1, -0.05) is 46.3 Å². The van der Waals surface area contributed by atoms with Crippen LogP contribution < -0.4 is 5.56 Å². The molecule has 3 nitrogen and oxygen atoms in total. The lowest BCUT2D eigenvalue weighted by Gasteiger charge is -2.06. The van der Waals surface area contributed by atoms with E-state index < -0.39 is 0 Å². The Morgan fingerprint density at radius 1 is 1.15 bits per heavy atom. The molecule has 3 aromatic rings. The van der Waals surface area contributed by atoms with Crippen molar-refractivity contribution >= 4 is 26.7 Å². The highest BCUT2D eigenvalue weighted by Gasteiger charge is 2.07. The van der Waals surface area contributed by atoms with E-state index in [1.807, 2.05) is 24.3 Å². The van der Waals surface area contributed by atoms with E-state index >= 15 is 0 Å². The summed E-state index contributed by atoms with van der Waals surface area (Å²) in [4.78, 5) is 11.8. The van der Waals surface area contributed by atoms with Crippen molar-refractivity contribution in [3.05, 3.63) is 74.1 Å². The first kappa shape index (κ1) is 13.1. The molecule has 4 heteroatoms. The van der Waals surface area contributed by atoms with Crippen LogP contribution in [-0.2, 0) is 6.42 Å². The molecule has 0 spiro atoms. The topological polar surface area (TPSA) is 45.8 Å². The predicted molar refractivity (Wildman–Crippen MR) is 84.0 cm³/mol. The Labute approximate surface area is 124 Å². The summed E-state index contributed by atoms with van der Waals surface area (Å²) >= 11 is 3.54. The van der Waals surface area contributed by atoms with Gasteiger partial charge in [0.2, 0.25) is 0 Å². The number of hydrogen-bond acceptors (Lipinski definition) is 2. The first-order valence-electron chi connectivity index (χ1n) is 6.36. The van der Waals surface area contributed by atoms with Gasteiger partial charge < -0.3 is 0 Å². The van der Waals surface area contributed by atoms with Crippen LogP contribution in [0.25, 0.3) is 10.8 Å². The van der Waals surface area contributed by atoms with Crippen molar-refractivity contribution in [2.75, 3.05) is 0 Å². The number of hydrogen-bond donors (Lipinski definition) is 1. The molecular weight excluding hydrogens is 316 g/mol. The Morgan fingerprint density at radius 2 is 1.90 bits per heavy atom. The van der Waals surface area contributed by atoms with Crippen molar-refractivity contribution in [1.29, 1.82) is 0 Å². The molecule has 1 N–H and O–H groups in total. The lowest BCUT2D eigenvalue weighted by molar-refractivity contribution is 0.933. The first-order chi connectivity index (χ1) is 9.65. The number of aryl methyl sites for hydroxylation is 1. The highest BCUT2D eigenvalue weighted by molar-refractivity contribution is 9.10. The molecule has 20 heavy (non-hydrogen) atoms. The van der Waals surface area contributed by atoms with Gasteiger partial charge in [-0.25, -0.2) is 5.10 Å². The van der Waals surface area contributed by atoms with E-state index in [4.69, 9.17) is 0 Å². The predicted octanol–water partition coefficient (Wildman–Crippen LogP) is 3.58. The van der Waals surface area contributed by atoms with Gasteiger partial charge in [0.05, 0.1) is 11.1 Å². The number of rotatable bonds is 2. The minimum atomic E-state index is -0.144. The Balaban J connectivity index is 2.09. The molecule has 100 valence electrons. The number of nitrogens with zero attached hydrogens (tertiary/aromatic N) is 1. The molecule has 0 saturated carbocycles. The minimum Gasteiger partial charge on any atom is -0.267 e. The van der Waals surface area contributed by atoms with E-state index in [1.165, 1.54) is 5.56 Å². The number of fused-ring (bicyclic) bond motifs is 1. The van der Waals surface area contributed by atoms with Crippen LogP contribution in [-0.4, -0.2) is 10.2 Å². The SMILES string of the molecule is Cc1ccc(Cc2n[nH]c(=O)c3ccccc23)cc1Br. The third-order valence-electron chi connectivity index (χ3n) is 3.38. The van der Waals surface area contributed by atoms with Crippen LogP contribution >= 0.6 is 15.9 Å². The standard InChI is InChI=1S/C16H13BrN2O/c1-10-6-7-11(8-14(10)17)9-15-12-4-2-3-5-13(12)16(20)19-18-15/h2-8H,9H2,1H3,(H,19,20). The monoisotopic (exact) mass is 328 g/mol. The maximum Gasteiger partial charge on any atom is 0.272 e. The van der Waals surface area contributed by atoms with Gasteiger partial charge in [0.1, 0.15) is 0 Å². The van der Waals surface area contributed by atoms with Gasteiger partial charge in [-0.3, -0.25) is 4.79 Å². The van der Waals surface area contributed by atoms with Gasteiger partial charge in [-0.05, 0) is 30.2 Å². The van der Waals surface area contributed by atoms with Crippen molar-refractivity contribution in [3.63, 3.8) is 0 Å². The quantitative estimate of drug-likeness (QED) is 0.781. The van der Waals surface area contributed by atoms with Crippen LogP contribution in [0.1, 0.15) is 16.8 Å². The second-order valence-corrected chi connectivity index (χ2v) is 5.66. The van der Waals surface area contributed by atoms with E-state index in [0.29, 0.717) is 11.8 Å². The lowest BCUT2D eigenvalue weighted by Crippen LogP contribution is -2.11. The van der Waals surface area contributed by atoms with E-state index in [-0.39, 0.29) is 5.56 Å². The molecule has 3 rings (SSSR count). The molecule has 0 fully saturated rings. The van der Waals surface area contributed by atoms with Crippen molar-refractivity contribution in [2.45, 2.75) is 13.3 Å². The fourth-order valence-corrected chi connectivity index (χ4v) is 2.67. The van der Waals surface area contributed by atoms with Crippen LogP contribution in [0.5, 0.6) is 0 Å². The van der Waals surface area contributed by atoms with Gasteiger partial charge >= 0.3 is 0 Å². The van der Waals surface area contributed by atoms with Gasteiger partial charge in [0.25, 0.3) is 5.56 Å². The second kappa shape index (κ2) is 5.21. The summed E-state index contributed by atoms with van der Waals surface area (Å²) in [5.74, 6) is 0. The van der Waals surface area contributed by atoms with E-state index in [1.54, 1.807) is 0 Å². The molecule has 0 bridgehead atoms. The molecule has 0 saturated heterocycles. The van der Waals surface area contributed by atoms with Crippen LogP contribution in [0.15, 0.2) is 51.7 Å². The number of benzene rings is 2. The number of aromatic amines is 1. The summed E-state index contributed by atoms with van der Waals surface area (Å²) in [6.45, 7) is 2.06. The van der Waals surface area contributed by atoms with Crippen molar-refractivity contribution in [2.24, 2.45) is 0 Å². The third-order valence-corrected chi connectivity index (χ3v) is 4.24. The molecule has 2 aromatic carbocycles. The molecule has 0 atom stereocenters. The Kier molecular flexibility index (Phi) is 3.40. The average Bonchev–Trinajstić information content (AvgIpc) is 2.46. The summed E-state index contributed by atoms with van der Waals surface area (Å²) < 4.78 is 1.09. The fourth-order valence-electron chi connectivity index (χ4n) is 2.25. The summed E-state index contributed by atoms with van der Waals surface area (Å²) in [6.07, 6.45) is 0.691. The van der Waals surface area contributed by atoms with E-state index in [2.05, 4.69) is 51.3 Å². The van der Waals surface area contributed by atoms with E-state index in [0.717, 1.165) is 21.1 Å². The number of H-pyrrole nitrogens is 1. The van der Waals surface area contributed by atoms with E-state index in [9.17, 15) is 4.79 Å². The molecule has 0 aliphatic heterocycles. The average molecular weight is 329 g/mol. The van der Waals surface area contributed by atoms with Crippen molar-refractivity contribution in [3.8, 4) is 0 Å². The van der Waals surface area contributed by atoms with Crippen LogP contribution in [0, 0.1) is 6.92 Å². The molecular formula is C16H13BrN2O.